The first-order chi connectivity index (χ1) is 12.3. The van der Waals surface area contributed by atoms with Crippen LogP contribution in [-0.2, 0) is 6.18 Å². The Balaban J connectivity index is 1.71. The lowest BCUT2D eigenvalue weighted by molar-refractivity contribution is -0.140. The topological polar surface area (TPSA) is 52.8 Å². The minimum atomic E-state index is -4.61. The van der Waals surface area contributed by atoms with E-state index in [1.165, 1.54) is 16.5 Å². The molecule has 4 rings (SSSR count). The van der Waals surface area contributed by atoms with Crippen molar-refractivity contribution in [3.05, 3.63) is 52.3 Å². The van der Waals surface area contributed by atoms with Crippen LogP contribution in [0.25, 0.3) is 11.0 Å². The monoisotopic (exact) mass is 380 g/mol. The number of ketones is 1. The number of ether oxygens (including phenoxy) is 2. The fourth-order valence-corrected chi connectivity index (χ4v) is 3.47. The molecule has 0 aliphatic carbocycles. The first-order valence-electron chi connectivity index (χ1n) is 7.50. The molecule has 0 saturated heterocycles. The third-order valence-electron chi connectivity index (χ3n) is 3.80. The molecule has 0 fully saturated rings. The highest BCUT2D eigenvalue weighted by Gasteiger charge is 2.37. The zero-order chi connectivity index (χ0) is 18.5. The van der Waals surface area contributed by atoms with Gasteiger partial charge in [-0.3, -0.25) is 9.20 Å². The predicted octanol–water partition coefficient (Wildman–Crippen LogP) is 4.35. The van der Waals surface area contributed by atoms with Gasteiger partial charge in [-0.25, -0.2) is 4.98 Å². The van der Waals surface area contributed by atoms with E-state index in [2.05, 4.69) is 4.98 Å². The third kappa shape index (κ3) is 2.84. The number of hydrogen-bond acceptors (Lipinski definition) is 5. The predicted molar refractivity (Wildman–Crippen MR) is 88.7 cm³/mol. The molecule has 0 bridgehead atoms. The summed E-state index contributed by atoms with van der Waals surface area (Å²) in [5, 5.41) is 0. The van der Waals surface area contributed by atoms with Crippen molar-refractivity contribution >= 4 is 28.2 Å². The van der Waals surface area contributed by atoms with Crippen LogP contribution in [0, 0.1) is 6.92 Å². The van der Waals surface area contributed by atoms with Crippen LogP contribution in [0.15, 0.2) is 30.5 Å². The van der Waals surface area contributed by atoms with Gasteiger partial charge in [0.05, 0.1) is 5.69 Å². The second-order valence-corrected chi connectivity index (χ2v) is 6.82. The maximum atomic E-state index is 13.2. The van der Waals surface area contributed by atoms with Crippen LogP contribution < -0.4 is 9.47 Å². The molecular weight excluding hydrogens is 369 g/mol. The van der Waals surface area contributed by atoms with E-state index in [1.807, 2.05) is 0 Å². The molecule has 0 N–H and O–H groups in total. The van der Waals surface area contributed by atoms with Gasteiger partial charge in [0, 0.05) is 16.6 Å². The van der Waals surface area contributed by atoms with E-state index in [1.54, 1.807) is 19.2 Å². The molecule has 1 aliphatic rings. The Morgan fingerprint density at radius 3 is 2.85 bits per heavy atom. The Hall–Kier alpha value is -2.81. The lowest BCUT2D eigenvalue weighted by Crippen LogP contribution is -2.08. The second-order valence-electron chi connectivity index (χ2n) is 5.60. The van der Waals surface area contributed by atoms with Crippen LogP contribution in [-0.4, -0.2) is 22.0 Å². The van der Waals surface area contributed by atoms with Gasteiger partial charge in [-0.2, -0.15) is 13.2 Å². The van der Waals surface area contributed by atoms with Crippen molar-refractivity contribution < 1.29 is 27.4 Å². The summed E-state index contributed by atoms with van der Waals surface area (Å²) in [5.74, 6) is 0.509. The number of allylic oxidation sites excluding steroid dienone is 1. The molecule has 0 spiro atoms. The first-order valence-corrected chi connectivity index (χ1v) is 8.32. The average molecular weight is 380 g/mol. The van der Waals surface area contributed by atoms with Gasteiger partial charge in [0.1, 0.15) is 0 Å². The zero-order valence-corrected chi connectivity index (χ0v) is 14.1. The van der Waals surface area contributed by atoms with Crippen molar-refractivity contribution in [1.82, 2.24) is 9.38 Å². The number of alkyl halides is 3. The molecule has 1 aromatic carbocycles. The summed E-state index contributed by atoms with van der Waals surface area (Å²) in [7, 11) is 0. The van der Waals surface area contributed by atoms with E-state index in [4.69, 9.17) is 9.47 Å². The molecule has 26 heavy (non-hydrogen) atoms. The summed E-state index contributed by atoms with van der Waals surface area (Å²) >= 11 is 1.15. The van der Waals surface area contributed by atoms with Crippen molar-refractivity contribution in [2.75, 3.05) is 6.79 Å². The molecule has 0 atom stereocenters. The first kappa shape index (κ1) is 16.6. The van der Waals surface area contributed by atoms with Gasteiger partial charge in [0.2, 0.25) is 6.79 Å². The number of imidazole rings is 1. The van der Waals surface area contributed by atoms with E-state index < -0.39 is 17.7 Å². The van der Waals surface area contributed by atoms with Crippen LogP contribution in [0.4, 0.5) is 13.2 Å². The standard InChI is InChI=1S/C17H11F3N2O3S/c1-9-7-22-11(15(17(18,19)20)21-16(22)26-9)3-4-12(23)10-2-5-13-14(6-10)25-8-24-13/h2-7H,8H2,1H3. The molecule has 134 valence electrons. The number of aryl methyl sites for hydroxylation is 1. The van der Waals surface area contributed by atoms with Gasteiger partial charge < -0.3 is 9.47 Å². The van der Waals surface area contributed by atoms with E-state index in [9.17, 15) is 18.0 Å². The van der Waals surface area contributed by atoms with Gasteiger partial charge in [0.25, 0.3) is 0 Å². The number of nitrogens with zero attached hydrogens (tertiary/aromatic N) is 2. The van der Waals surface area contributed by atoms with Crippen molar-refractivity contribution in [2.45, 2.75) is 13.1 Å². The van der Waals surface area contributed by atoms with Crippen molar-refractivity contribution in [3.8, 4) is 11.5 Å². The molecular formula is C17H11F3N2O3S. The number of rotatable bonds is 3. The summed E-state index contributed by atoms with van der Waals surface area (Å²) in [6.07, 6.45) is -0.806. The van der Waals surface area contributed by atoms with Gasteiger partial charge in [-0.15, -0.1) is 11.3 Å². The number of benzene rings is 1. The average Bonchev–Trinajstić information content (AvgIpc) is 3.25. The fourth-order valence-electron chi connectivity index (χ4n) is 2.64. The third-order valence-corrected chi connectivity index (χ3v) is 4.69. The maximum Gasteiger partial charge on any atom is 0.435 e. The number of aromatic nitrogens is 2. The van der Waals surface area contributed by atoms with Gasteiger partial charge in [-0.1, -0.05) is 0 Å². The Labute approximate surface area is 149 Å². The van der Waals surface area contributed by atoms with Crippen LogP contribution >= 0.6 is 11.3 Å². The highest BCUT2D eigenvalue weighted by molar-refractivity contribution is 7.17. The van der Waals surface area contributed by atoms with Gasteiger partial charge in [0.15, 0.2) is 27.9 Å². The molecule has 0 amide bonds. The van der Waals surface area contributed by atoms with Crippen molar-refractivity contribution in [3.63, 3.8) is 0 Å². The SMILES string of the molecule is Cc1cn2c(C=CC(=O)c3ccc4c(c3)OCO4)c(C(F)(F)F)nc2s1. The van der Waals surface area contributed by atoms with Crippen LogP contribution in [0.1, 0.15) is 26.6 Å². The number of fused-ring (bicyclic) bond motifs is 2. The maximum absolute atomic E-state index is 13.2. The van der Waals surface area contributed by atoms with Crippen LogP contribution in [0.5, 0.6) is 11.5 Å². The minimum absolute atomic E-state index is 0.0725. The van der Waals surface area contributed by atoms with Gasteiger partial charge in [-0.05, 0) is 37.3 Å². The summed E-state index contributed by atoms with van der Waals surface area (Å²) in [6, 6.07) is 4.62. The molecule has 5 nitrogen and oxygen atoms in total. The number of hydrogen-bond donors (Lipinski definition) is 0. The molecule has 0 radical (unpaired) electrons. The number of carbonyl (C=O) groups excluding carboxylic acids is 1. The lowest BCUT2D eigenvalue weighted by atomic mass is 10.1. The largest absolute Gasteiger partial charge is 0.454 e. The summed E-state index contributed by atoms with van der Waals surface area (Å²) < 4.78 is 51.4. The Morgan fingerprint density at radius 1 is 1.31 bits per heavy atom. The van der Waals surface area contributed by atoms with Gasteiger partial charge >= 0.3 is 6.18 Å². The number of thiazole rings is 1. The molecule has 2 aromatic heterocycles. The molecule has 3 aromatic rings. The van der Waals surface area contributed by atoms with Crippen molar-refractivity contribution in [1.29, 1.82) is 0 Å². The summed E-state index contributed by atoms with van der Waals surface area (Å²) in [4.78, 5) is 17.1. The molecule has 0 unspecified atom stereocenters. The normalized spacial score (nSPS) is 13.8. The Bertz CT molecular complexity index is 1050. The van der Waals surface area contributed by atoms with Crippen molar-refractivity contribution in [2.24, 2.45) is 0 Å². The number of halogens is 3. The fraction of sp³-hybridized carbons (Fsp3) is 0.176. The molecule has 1 aliphatic heterocycles. The van der Waals surface area contributed by atoms with E-state index in [-0.39, 0.29) is 17.4 Å². The zero-order valence-electron chi connectivity index (χ0n) is 13.3. The summed E-state index contributed by atoms with van der Waals surface area (Å²) in [5.41, 5.74) is -0.897. The van der Waals surface area contributed by atoms with Crippen LogP contribution in [0.3, 0.4) is 0 Å². The smallest absolute Gasteiger partial charge is 0.435 e. The number of carbonyl (C=O) groups is 1. The molecule has 3 heterocycles. The van der Waals surface area contributed by atoms with E-state index in [0.717, 1.165) is 28.4 Å². The minimum Gasteiger partial charge on any atom is -0.454 e. The summed E-state index contributed by atoms with van der Waals surface area (Å²) in [6.45, 7) is 1.85. The highest BCUT2D eigenvalue weighted by Crippen LogP contribution is 2.35. The quantitative estimate of drug-likeness (QED) is 0.501. The van der Waals surface area contributed by atoms with E-state index >= 15 is 0 Å². The molecule has 0 saturated carbocycles. The lowest BCUT2D eigenvalue weighted by Gasteiger charge is -2.04. The van der Waals surface area contributed by atoms with Crippen LogP contribution in [0.2, 0.25) is 0 Å². The highest BCUT2D eigenvalue weighted by atomic mass is 32.1. The Kier molecular flexibility index (Phi) is 3.76. The Morgan fingerprint density at radius 2 is 2.08 bits per heavy atom. The molecule has 9 heteroatoms. The van der Waals surface area contributed by atoms with E-state index in [0.29, 0.717) is 17.1 Å². The second kappa shape index (κ2) is 5.87.